The number of alkyl halides is 1. The Balaban J connectivity index is 2.39. The number of imidazole rings is 1. The third-order valence-corrected chi connectivity index (χ3v) is 3.54. The normalized spacial score (nSPS) is 10.9. The first-order chi connectivity index (χ1) is 9.02. The summed E-state index contributed by atoms with van der Waals surface area (Å²) in [6, 6.07) is 3.03. The quantitative estimate of drug-likeness (QED) is 0.864. The first-order valence-electron chi connectivity index (χ1n) is 5.67. The number of fused-ring (bicyclic) bond motifs is 1. The summed E-state index contributed by atoms with van der Waals surface area (Å²) in [5.74, 6) is 0.424. The lowest BCUT2D eigenvalue weighted by Crippen LogP contribution is -2.24. The van der Waals surface area contributed by atoms with Crippen molar-refractivity contribution in [2.45, 2.75) is 19.3 Å². The van der Waals surface area contributed by atoms with E-state index in [0.29, 0.717) is 34.4 Å². The van der Waals surface area contributed by atoms with Crippen molar-refractivity contribution >= 4 is 44.5 Å². The van der Waals surface area contributed by atoms with E-state index in [1.54, 1.807) is 6.07 Å². The molecule has 1 aromatic heterocycles. The zero-order valence-corrected chi connectivity index (χ0v) is 12.6. The summed E-state index contributed by atoms with van der Waals surface area (Å²) in [7, 11) is 0. The van der Waals surface area contributed by atoms with Crippen molar-refractivity contribution in [2.75, 3.05) is 6.54 Å². The molecule has 1 N–H and O–H groups in total. The first kappa shape index (κ1) is 14.3. The highest BCUT2D eigenvalue weighted by Gasteiger charge is 2.12. The average molecular weight is 349 g/mol. The topological polar surface area (TPSA) is 46.9 Å². The Hall–Kier alpha value is -1.14. The fourth-order valence-electron chi connectivity index (χ4n) is 1.87. The van der Waals surface area contributed by atoms with Crippen LogP contribution in [0.5, 0.6) is 0 Å². The van der Waals surface area contributed by atoms with Crippen LogP contribution in [0.2, 0.25) is 0 Å². The van der Waals surface area contributed by atoms with Crippen molar-refractivity contribution in [1.82, 2.24) is 14.9 Å². The number of hydrogen-bond donors (Lipinski definition) is 1. The Kier molecular flexibility index (Phi) is 4.42. The highest BCUT2D eigenvalue weighted by molar-refractivity contribution is 9.10. The van der Waals surface area contributed by atoms with Crippen molar-refractivity contribution in [1.29, 1.82) is 0 Å². The monoisotopic (exact) mass is 347 g/mol. The van der Waals surface area contributed by atoms with Crippen LogP contribution >= 0.6 is 27.5 Å². The van der Waals surface area contributed by atoms with E-state index in [2.05, 4.69) is 26.2 Å². The predicted octanol–water partition coefficient (Wildman–Crippen LogP) is 2.81. The highest BCUT2D eigenvalue weighted by Crippen LogP contribution is 2.24. The minimum absolute atomic E-state index is 0.106. The summed E-state index contributed by atoms with van der Waals surface area (Å²) in [5, 5.41) is 2.69. The number of nitrogens with one attached hydrogen (secondary N) is 1. The maximum Gasteiger partial charge on any atom is 0.216 e. The van der Waals surface area contributed by atoms with Gasteiger partial charge in [0.05, 0.1) is 21.4 Å². The standard InChI is InChI=1S/C12H12BrClFN3O/c1-7(19)16-2-3-18-11-5-9(15)8(13)4-10(11)17-12(18)6-14/h4-5H,2-3,6H2,1H3,(H,16,19). The van der Waals surface area contributed by atoms with Crippen LogP contribution in [0.1, 0.15) is 12.7 Å². The van der Waals surface area contributed by atoms with Crippen LogP contribution in [-0.2, 0) is 17.2 Å². The van der Waals surface area contributed by atoms with Crippen LogP contribution in [0, 0.1) is 5.82 Å². The van der Waals surface area contributed by atoms with Crippen molar-refractivity contribution < 1.29 is 9.18 Å². The first-order valence-corrected chi connectivity index (χ1v) is 7.00. The Bertz CT molecular complexity index is 629. The molecule has 1 heterocycles. The number of hydrogen-bond acceptors (Lipinski definition) is 2. The molecule has 0 bridgehead atoms. The number of benzene rings is 1. The van der Waals surface area contributed by atoms with Crippen LogP contribution in [0.4, 0.5) is 4.39 Å². The number of aromatic nitrogens is 2. The van der Waals surface area contributed by atoms with Crippen LogP contribution in [-0.4, -0.2) is 22.0 Å². The van der Waals surface area contributed by atoms with Gasteiger partial charge in [-0.1, -0.05) is 0 Å². The molecule has 0 aliphatic carbocycles. The molecule has 0 saturated heterocycles. The van der Waals surface area contributed by atoms with Crippen LogP contribution in [0.3, 0.4) is 0 Å². The number of halogens is 3. The van der Waals surface area contributed by atoms with Gasteiger partial charge in [0.25, 0.3) is 0 Å². The summed E-state index contributed by atoms with van der Waals surface area (Å²) in [5.41, 5.74) is 1.34. The average Bonchev–Trinajstić information content (AvgIpc) is 2.67. The van der Waals surface area contributed by atoms with E-state index in [4.69, 9.17) is 11.6 Å². The second-order valence-corrected chi connectivity index (χ2v) is 5.17. The zero-order valence-electron chi connectivity index (χ0n) is 10.2. The van der Waals surface area contributed by atoms with E-state index in [-0.39, 0.29) is 17.6 Å². The number of nitrogens with zero attached hydrogens (tertiary/aromatic N) is 2. The van der Waals surface area contributed by atoms with E-state index >= 15 is 0 Å². The van der Waals surface area contributed by atoms with Gasteiger partial charge in [0.1, 0.15) is 11.6 Å². The van der Waals surface area contributed by atoms with Gasteiger partial charge in [-0.15, -0.1) is 11.6 Å². The predicted molar refractivity (Wildman–Crippen MR) is 75.6 cm³/mol. The molecule has 0 aliphatic heterocycles. The molecule has 0 saturated carbocycles. The molecule has 0 atom stereocenters. The Morgan fingerprint density at radius 3 is 2.95 bits per heavy atom. The molecule has 4 nitrogen and oxygen atoms in total. The highest BCUT2D eigenvalue weighted by atomic mass is 79.9. The molecular formula is C12H12BrClFN3O. The molecule has 0 spiro atoms. The van der Waals surface area contributed by atoms with E-state index < -0.39 is 0 Å². The summed E-state index contributed by atoms with van der Waals surface area (Å²) in [6.07, 6.45) is 0. The minimum atomic E-state index is -0.353. The maximum absolute atomic E-state index is 13.6. The van der Waals surface area contributed by atoms with Gasteiger partial charge in [-0.2, -0.15) is 0 Å². The second-order valence-electron chi connectivity index (χ2n) is 4.05. The van der Waals surface area contributed by atoms with E-state index in [0.717, 1.165) is 0 Å². The second kappa shape index (κ2) is 5.88. The molecule has 2 aromatic rings. The van der Waals surface area contributed by atoms with Crippen molar-refractivity contribution in [2.24, 2.45) is 0 Å². The fourth-order valence-corrected chi connectivity index (χ4v) is 2.40. The van der Waals surface area contributed by atoms with Gasteiger partial charge in [0.15, 0.2) is 0 Å². The van der Waals surface area contributed by atoms with Gasteiger partial charge in [0.2, 0.25) is 5.91 Å². The molecule has 2 rings (SSSR count). The molecule has 102 valence electrons. The van der Waals surface area contributed by atoms with Crippen molar-refractivity contribution in [3.8, 4) is 0 Å². The minimum Gasteiger partial charge on any atom is -0.355 e. The van der Waals surface area contributed by atoms with Gasteiger partial charge >= 0.3 is 0 Å². The maximum atomic E-state index is 13.6. The van der Waals surface area contributed by atoms with E-state index in [9.17, 15) is 9.18 Å². The van der Waals surface area contributed by atoms with Crippen molar-refractivity contribution in [3.05, 3.63) is 28.2 Å². The number of carbonyl (C=O) groups excluding carboxylic acids is 1. The molecule has 0 fully saturated rings. The van der Waals surface area contributed by atoms with Crippen LogP contribution in [0.25, 0.3) is 11.0 Å². The summed E-state index contributed by atoms with van der Waals surface area (Å²) in [6.45, 7) is 2.40. The number of rotatable bonds is 4. The third kappa shape index (κ3) is 3.06. The lowest BCUT2D eigenvalue weighted by atomic mass is 10.3. The smallest absolute Gasteiger partial charge is 0.216 e. The molecule has 0 unspecified atom stereocenters. The van der Waals surface area contributed by atoms with E-state index in [1.807, 2.05) is 4.57 Å². The Labute approximate surface area is 123 Å². The molecule has 19 heavy (non-hydrogen) atoms. The van der Waals surface area contributed by atoms with Crippen molar-refractivity contribution in [3.63, 3.8) is 0 Å². The molecule has 0 radical (unpaired) electrons. The molecule has 1 aromatic carbocycles. The molecular weight excluding hydrogens is 337 g/mol. The van der Waals surface area contributed by atoms with Gasteiger partial charge in [-0.25, -0.2) is 9.37 Å². The largest absolute Gasteiger partial charge is 0.355 e. The number of amides is 1. The Morgan fingerprint density at radius 2 is 2.32 bits per heavy atom. The van der Waals surface area contributed by atoms with Gasteiger partial charge in [-0.3, -0.25) is 4.79 Å². The van der Waals surface area contributed by atoms with Gasteiger partial charge in [-0.05, 0) is 22.0 Å². The van der Waals surface area contributed by atoms with E-state index in [1.165, 1.54) is 13.0 Å². The molecule has 0 aliphatic rings. The molecule has 7 heteroatoms. The van der Waals surface area contributed by atoms with Crippen LogP contribution < -0.4 is 5.32 Å². The third-order valence-electron chi connectivity index (χ3n) is 2.70. The van der Waals surface area contributed by atoms with Gasteiger partial charge < -0.3 is 9.88 Å². The number of carbonyl (C=O) groups is 1. The zero-order chi connectivity index (χ0) is 14.0. The van der Waals surface area contributed by atoms with Gasteiger partial charge in [0, 0.05) is 26.1 Å². The SMILES string of the molecule is CC(=O)NCCn1c(CCl)nc2cc(Br)c(F)cc21. The summed E-state index contributed by atoms with van der Waals surface area (Å²) < 4.78 is 15.8. The van der Waals surface area contributed by atoms with Crippen LogP contribution in [0.15, 0.2) is 16.6 Å². The summed E-state index contributed by atoms with van der Waals surface area (Å²) in [4.78, 5) is 15.2. The Morgan fingerprint density at radius 1 is 1.58 bits per heavy atom. The molecule has 1 amide bonds. The fraction of sp³-hybridized carbons (Fsp3) is 0.333. The lowest BCUT2D eigenvalue weighted by molar-refractivity contribution is -0.118. The summed E-state index contributed by atoms with van der Waals surface area (Å²) >= 11 is 8.98. The lowest BCUT2D eigenvalue weighted by Gasteiger charge is -2.08.